The Morgan fingerprint density at radius 3 is 2.70 bits per heavy atom. The van der Waals surface area contributed by atoms with Crippen molar-refractivity contribution in [1.29, 1.82) is 0 Å². The molecule has 222 valence electrons. The fourth-order valence-corrected chi connectivity index (χ4v) is 4.32. The number of nitrogens with zero attached hydrogens (tertiary/aromatic N) is 6. The molecule has 0 aliphatic carbocycles. The Morgan fingerprint density at radius 2 is 1.91 bits per heavy atom. The van der Waals surface area contributed by atoms with Crippen LogP contribution in [0, 0.1) is 5.82 Å². The summed E-state index contributed by atoms with van der Waals surface area (Å²) < 4.78 is 26.2. The zero-order chi connectivity index (χ0) is 30.0. The van der Waals surface area contributed by atoms with Crippen molar-refractivity contribution >= 4 is 40.8 Å². The van der Waals surface area contributed by atoms with Crippen LogP contribution in [0.3, 0.4) is 0 Å². The monoisotopic (exact) mass is 586 g/mol. The highest BCUT2D eigenvalue weighted by atomic mass is 19.1. The Labute approximate surface area is 247 Å². The van der Waals surface area contributed by atoms with Crippen LogP contribution in [0.4, 0.5) is 38.0 Å². The summed E-state index contributed by atoms with van der Waals surface area (Å²) >= 11 is 0. The van der Waals surface area contributed by atoms with Crippen LogP contribution in [-0.4, -0.2) is 69.5 Å². The van der Waals surface area contributed by atoms with E-state index < -0.39 is 17.8 Å². The number of ether oxygens (including phenoxy) is 2. The van der Waals surface area contributed by atoms with Crippen molar-refractivity contribution in [2.45, 2.75) is 13.2 Å². The second-order valence-electron chi connectivity index (χ2n) is 9.57. The largest absolute Gasteiger partial charge is 0.444 e. The van der Waals surface area contributed by atoms with Gasteiger partial charge in [-0.2, -0.15) is 10.1 Å². The Morgan fingerprint density at radius 1 is 1.09 bits per heavy atom. The maximum absolute atomic E-state index is 13.5. The van der Waals surface area contributed by atoms with Gasteiger partial charge in [0.05, 0.1) is 37.3 Å². The standard InChI is InChI=1S/C30H31FN8O4/c1-2-28(40)34-24-4-3-5-26(18-24)39(30(41)43-21-22-6-8-23(31)9-7-22)27-10-11-32-29(36-27)35-25-19-33-38(20-25)13-12-37-14-16-42-17-15-37/h2-11,18-20H,1,12-17,21H2,(H,34,40)(H,32,35,36). The molecule has 5 rings (SSSR count). The van der Waals surface area contributed by atoms with Gasteiger partial charge < -0.3 is 20.1 Å². The van der Waals surface area contributed by atoms with Gasteiger partial charge in [0.25, 0.3) is 0 Å². The van der Waals surface area contributed by atoms with Crippen LogP contribution in [0.1, 0.15) is 5.56 Å². The molecule has 1 saturated heterocycles. The summed E-state index contributed by atoms with van der Waals surface area (Å²) in [6, 6.07) is 13.9. The molecule has 2 N–H and O–H groups in total. The molecule has 2 aromatic carbocycles. The van der Waals surface area contributed by atoms with Crippen molar-refractivity contribution in [3.05, 3.63) is 97.2 Å². The van der Waals surface area contributed by atoms with Crippen molar-refractivity contribution < 1.29 is 23.5 Å². The van der Waals surface area contributed by atoms with E-state index in [1.807, 2.05) is 10.9 Å². The summed E-state index contributed by atoms with van der Waals surface area (Å²) in [4.78, 5) is 37.8. The number of hydrogen-bond acceptors (Lipinski definition) is 9. The number of halogens is 1. The lowest BCUT2D eigenvalue weighted by molar-refractivity contribution is -0.111. The lowest BCUT2D eigenvalue weighted by atomic mass is 10.2. The Balaban J connectivity index is 1.34. The highest BCUT2D eigenvalue weighted by Crippen LogP contribution is 2.28. The van der Waals surface area contributed by atoms with E-state index in [9.17, 15) is 14.0 Å². The van der Waals surface area contributed by atoms with Crippen LogP contribution in [-0.2, 0) is 27.4 Å². The molecule has 13 heteroatoms. The maximum atomic E-state index is 13.5. The summed E-state index contributed by atoms with van der Waals surface area (Å²) in [6.07, 6.45) is 5.45. The molecule has 12 nitrogen and oxygen atoms in total. The van der Waals surface area contributed by atoms with E-state index in [4.69, 9.17) is 9.47 Å². The number of morpholine rings is 1. The predicted molar refractivity (Wildman–Crippen MR) is 159 cm³/mol. The van der Waals surface area contributed by atoms with E-state index in [1.165, 1.54) is 35.4 Å². The highest BCUT2D eigenvalue weighted by molar-refractivity contribution is 6.00. The van der Waals surface area contributed by atoms with Gasteiger partial charge in [-0.3, -0.25) is 14.4 Å². The van der Waals surface area contributed by atoms with Gasteiger partial charge in [0.15, 0.2) is 0 Å². The molecular weight excluding hydrogens is 555 g/mol. The van der Waals surface area contributed by atoms with Crippen LogP contribution in [0.2, 0.25) is 0 Å². The molecule has 1 fully saturated rings. The Bertz CT molecular complexity index is 1560. The lowest BCUT2D eigenvalue weighted by Crippen LogP contribution is -2.38. The van der Waals surface area contributed by atoms with E-state index in [1.54, 1.807) is 36.5 Å². The molecule has 2 amide bonds. The summed E-state index contributed by atoms with van der Waals surface area (Å²) in [5, 5.41) is 10.2. The summed E-state index contributed by atoms with van der Waals surface area (Å²) in [7, 11) is 0. The first-order valence-electron chi connectivity index (χ1n) is 13.6. The molecule has 43 heavy (non-hydrogen) atoms. The average molecular weight is 587 g/mol. The second kappa shape index (κ2) is 14.2. The molecule has 0 spiro atoms. The minimum Gasteiger partial charge on any atom is -0.444 e. The van der Waals surface area contributed by atoms with Crippen molar-refractivity contribution in [2.24, 2.45) is 0 Å². The molecule has 3 heterocycles. The Hall–Kier alpha value is -5.14. The molecule has 0 atom stereocenters. The smallest absolute Gasteiger partial charge is 0.420 e. The number of amides is 2. The number of aromatic nitrogens is 4. The van der Waals surface area contributed by atoms with Crippen LogP contribution >= 0.6 is 0 Å². The average Bonchev–Trinajstić information content (AvgIpc) is 3.48. The number of rotatable bonds is 11. The maximum Gasteiger partial charge on any atom is 0.420 e. The normalized spacial score (nSPS) is 13.2. The van der Waals surface area contributed by atoms with Gasteiger partial charge in [-0.1, -0.05) is 24.8 Å². The summed E-state index contributed by atoms with van der Waals surface area (Å²) in [5.41, 5.74) is 2.11. The first kappa shape index (κ1) is 29.4. The summed E-state index contributed by atoms with van der Waals surface area (Å²) in [6.45, 7) is 8.24. The van der Waals surface area contributed by atoms with Crippen molar-refractivity contribution in [3.8, 4) is 0 Å². The fourth-order valence-electron chi connectivity index (χ4n) is 4.32. The second-order valence-corrected chi connectivity index (χ2v) is 9.57. The van der Waals surface area contributed by atoms with Gasteiger partial charge in [-0.05, 0) is 42.0 Å². The molecule has 4 aromatic rings. The van der Waals surface area contributed by atoms with Gasteiger partial charge in [0, 0.05) is 43.8 Å². The lowest BCUT2D eigenvalue weighted by Gasteiger charge is -2.26. The van der Waals surface area contributed by atoms with E-state index in [0.29, 0.717) is 22.6 Å². The van der Waals surface area contributed by atoms with Crippen LogP contribution in [0.15, 0.2) is 85.8 Å². The first-order valence-corrected chi connectivity index (χ1v) is 13.6. The predicted octanol–water partition coefficient (Wildman–Crippen LogP) is 4.49. The SMILES string of the molecule is C=CC(=O)Nc1cccc(N(C(=O)OCc2ccc(F)cc2)c2ccnc(Nc3cnn(CCN4CCOCC4)c3)n2)c1. The number of anilines is 5. The molecule has 0 radical (unpaired) electrons. The summed E-state index contributed by atoms with van der Waals surface area (Å²) in [5.74, 6) is -0.341. The third-order valence-electron chi connectivity index (χ3n) is 6.52. The minimum absolute atomic E-state index is 0.0949. The number of carbonyl (C=O) groups excluding carboxylic acids is 2. The van der Waals surface area contributed by atoms with Gasteiger partial charge in [0.2, 0.25) is 11.9 Å². The van der Waals surface area contributed by atoms with Gasteiger partial charge >= 0.3 is 6.09 Å². The van der Waals surface area contributed by atoms with Crippen molar-refractivity contribution in [2.75, 3.05) is 48.4 Å². The third-order valence-corrected chi connectivity index (χ3v) is 6.52. The van der Waals surface area contributed by atoms with E-state index in [2.05, 4.69) is 37.2 Å². The molecule has 0 unspecified atom stereocenters. The van der Waals surface area contributed by atoms with E-state index >= 15 is 0 Å². The first-order chi connectivity index (χ1) is 21.0. The number of hydrogen-bond donors (Lipinski definition) is 2. The van der Waals surface area contributed by atoms with Crippen molar-refractivity contribution in [3.63, 3.8) is 0 Å². The minimum atomic E-state index is -0.739. The number of benzene rings is 2. The quantitative estimate of drug-likeness (QED) is 0.245. The van der Waals surface area contributed by atoms with Crippen molar-refractivity contribution in [1.82, 2.24) is 24.6 Å². The van der Waals surface area contributed by atoms with Crippen LogP contribution in [0.5, 0.6) is 0 Å². The fraction of sp³-hybridized carbons (Fsp3) is 0.233. The topological polar surface area (TPSA) is 127 Å². The molecule has 1 aliphatic rings. The molecule has 2 aromatic heterocycles. The van der Waals surface area contributed by atoms with Crippen LogP contribution in [0.25, 0.3) is 0 Å². The Kier molecular flexibility index (Phi) is 9.67. The van der Waals surface area contributed by atoms with E-state index in [0.717, 1.165) is 45.5 Å². The highest BCUT2D eigenvalue weighted by Gasteiger charge is 2.23. The van der Waals surface area contributed by atoms with E-state index in [-0.39, 0.29) is 18.4 Å². The molecular formula is C30H31FN8O4. The van der Waals surface area contributed by atoms with Gasteiger partial charge in [0.1, 0.15) is 18.2 Å². The van der Waals surface area contributed by atoms with Gasteiger partial charge in [-0.15, -0.1) is 0 Å². The molecule has 0 bridgehead atoms. The zero-order valence-corrected chi connectivity index (χ0v) is 23.4. The zero-order valence-electron chi connectivity index (χ0n) is 23.4. The number of carbonyl (C=O) groups is 2. The molecule has 0 saturated carbocycles. The van der Waals surface area contributed by atoms with Crippen LogP contribution < -0.4 is 15.5 Å². The van der Waals surface area contributed by atoms with Gasteiger partial charge in [-0.25, -0.2) is 19.1 Å². The third kappa shape index (κ3) is 8.21. The molecule has 1 aliphatic heterocycles. The number of nitrogens with one attached hydrogen (secondary N) is 2.